The monoisotopic (exact) mass is 345 g/mol. The fraction of sp³-hybridized carbons (Fsp3) is 0.333. The summed E-state index contributed by atoms with van der Waals surface area (Å²) >= 11 is 0. The minimum atomic E-state index is -1.07. The molecule has 3 rings (SSSR count). The minimum absolute atomic E-state index is 0.0729. The zero-order chi connectivity index (χ0) is 18.0. The van der Waals surface area contributed by atoms with Crippen LogP contribution in [-0.2, 0) is 4.79 Å². The van der Waals surface area contributed by atoms with Gasteiger partial charge in [0.25, 0.3) is 11.6 Å². The molecule has 1 aliphatic heterocycles. The molecule has 1 aromatic carbocycles. The first-order chi connectivity index (χ1) is 12.0. The van der Waals surface area contributed by atoms with E-state index >= 15 is 0 Å². The van der Waals surface area contributed by atoms with Gasteiger partial charge in [0, 0.05) is 18.2 Å². The third-order valence-corrected chi connectivity index (χ3v) is 4.13. The number of carboxylic acid groups (broad SMARTS) is 1. The van der Waals surface area contributed by atoms with E-state index in [1.54, 1.807) is 0 Å². The number of nitrogens with zero attached hydrogens (tertiary/aromatic N) is 5. The number of hydrogen-bond acceptors (Lipinski definition) is 6. The molecule has 0 bridgehead atoms. The Bertz CT molecular complexity index is 820. The zero-order valence-corrected chi connectivity index (χ0v) is 13.1. The Hall–Kier alpha value is -3.30. The zero-order valence-electron chi connectivity index (χ0n) is 13.1. The number of nitro benzene ring substituents is 1. The molecule has 25 heavy (non-hydrogen) atoms. The predicted molar refractivity (Wildman–Crippen MR) is 84.3 cm³/mol. The number of hydrogen-bond donors (Lipinski definition) is 1. The van der Waals surface area contributed by atoms with Crippen molar-refractivity contribution in [2.45, 2.75) is 25.3 Å². The quantitative estimate of drug-likeness (QED) is 0.651. The summed E-state index contributed by atoms with van der Waals surface area (Å²) in [6, 6.07) is 3.07. The van der Waals surface area contributed by atoms with Gasteiger partial charge < -0.3 is 10.0 Å². The van der Waals surface area contributed by atoms with E-state index in [2.05, 4.69) is 10.1 Å². The van der Waals surface area contributed by atoms with Crippen LogP contribution in [-0.4, -0.2) is 54.2 Å². The fourth-order valence-corrected chi connectivity index (χ4v) is 2.93. The minimum Gasteiger partial charge on any atom is -0.480 e. The number of amides is 1. The Morgan fingerprint density at radius 3 is 2.76 bits per heavy atom. The highest BCUT2D eigenvalue weighted by atomic mass is 16.6. The summed E-state index contributed by atoms with van der Waals surface area (Å²) in [5, 5.41) is 24.5. The summed E-state index contributed by atoms with van der Waals surface area (Å²) in [6.45, 7) is 0.314. The fourth-order valence-electron chi connectivity index (χ4n) is 2.93. The molecule has 2 heterocycles. The van der Waals surface area contributed by atoms with Crippen molar-refractivity contribution in [3.63, 3.8) is 0 Å². The van der Waals surface area contributed by atoms with Crippen LogP contribution < -0.4 is 0 Å². The number of likely N-dealkylation sites (tertiary alicyclic amines) is 1. The Morgan fingerprint density at radius 1 is 1.32 bits per heavy atom. The number of aliphatic carboxylic acids is 1. The Kier molecular flexibility index (Phi) is 4.42. The van der Waals surface area contributed by atoms with E-state index in [4.69, 9.17) is 0 Å². The van der Waals surface area contributed by atoms with Crippen LogP contribution in [0.2, 0.25) is 0 Å². The van der Waals surface area contributed by atoms with Gasteiger partial charge in [0.2, 0.25) is 0 Å². The van der Waals surface area contributed by atoms with Gasteiger partial charge in [-0.15, -0.1) is 0 Å². The largest absolute Gasteiger partial charge is 0.480 e. The molecule has 1 saturated heterocycles. The third kappa shape index (κ3) is 3.18. The average Bonchev–Trinajstić information content (AvgIpc) is 3.15. The molecule has 0 spiro atoms. The summed E-state index contributed by atoms with van der Waals surface area (Å²) in [5.74, 6) is -1.60. The van der Waals surface area contributed by atoms with Crippen LogP contribution in [0, 0.1) is 10.1 Å². The Balaban J connectivity index is 1.97. The molecule has 1 aromatic heterocycles. The highest BCUT2D eigenvalue weighted by molar-refractivity contribution is 5.97. The van der Waals surface area contributed by atoms with Gasteiger partial charge in [0.1, 0.15) is 24.4 Å². The van der Waals surface area contributed by atoms with Crippen molar-refractivity contribution in [3.8, 4) is 5.69 Å². The maximum atomic E-state index is 12.7. The van der Waals surface area contributed by atoms with Crippen molar-refractivity contribution in [2.75, 3.05) is 6.54 Å². The summed E-state index contributed by atoms with van der Waals surface area (Å²) in [4.78, 5) is 39.8. The van der Waals surface area contributed by atoms with Gasteiger partial charge in [0.05, 0.1) is 4.92 Å². The van der Waals surface area contributed by atoms with Gasteiger partial charge in [-0.05, 0) is 31.4 Å². The molecule has 10 nitrogen and oxygen atoms in total. The van der Waals surface area contributed by atoms with Gasteiger partial charge in [-0.3, -0.25) is 14.9 Å². The number of carbonyl (C=O) groups excluding carboxylic acids is 1. The second-order valence-corrected chi connectivity index (χ2v) is 5.65. The summed E-state index contributed by atoms with van der Waals surface area (Å²) in [6.07, 6.45) is 4.36. The van der Waals surface area contributed by atoms with Crippen LogP contribution >= 0.6 is 0 Å². The van der Waals surface area contributed by atoms with Crippen LogP contribution in [0.4, 0.5) is 5.69 Å². The highest BCUT2D eigenvalue weighted by Crippen LogP contribution is 2.26. The molecule has 10 heteroatoms. The van der Waals surface area contributed by atoms with Crippen molar-refractivity contribution < 1.29 is 19.6 Å². The van der Waals surface area contributed by atoms with E-state index in [0.717, 1.165) is 12.5 Å². The molecule has 130 valence electrons. The predicted octanol–water partition coefficient (Wildman–Crippen LogP) is 1.25. The van der Waals surface area contributed by atoms with E-state index in [0.29, 0.717) is 19.4 Å². The normalized spacial score (nSPS) is 17.3. The van der Waals surface area contributed by atoms with E-state index in [1.807, 2.05) is 0 Å². The van der Waals surface area contributed by atoms with E-state index in [9.17, 15) is 24.8 Å². The number of benzene rings is 1. The maximum absolute atomic E-state index is 12.7. The van der Waals surface area contributed by atoms with Gasteiger partial charge in [-0.1, -0.05) is 0 Å². The van der Waals surface area contributed by atoms with Crippen molar-refractivity contribution in [2.24, 2.45) is 0 Å². The van der Waals surface area contributed by atoms with E-state index in [-0.39, 0.29) is 16.9 Å². The van der Waals surface area contributed by atoms with Gasteiger partial charge >= 0.3 is 5.97 Å². The van der Waals surface area contributed by atoms with E-state index < -0.39 is 22.8 Å². The standard InChI is InChI=1S/C15H15N5O5/c21-14(18-6-2-1-3-12(18)15(22)23)10-4-5-11(13(7-10)20(24)25)19-9-16-8-17-19/h4-5,7-9,12H,1-3,6H2,(H,22,23). The molecule has 1 aliphatic rings. The molecular weight excluding hydrogens is 330 g/mol. The van der Waals surface area contributed by atoms with Crippen molar-refractivity contribution in [3.05, 3.63) is 46.5 Å². The summed E-state index contributed by atoms with van der Waals surface area (Å²) in [7, 11) is 0. The molecule has 0 aliphatic carbocycles. The summed E-state index contributed by atoms with van der Waals surface area (Å²) in [5.41, 5.74) is -0.0589. The number of carboxylic acids is 1. The molecule has 2 aromatic rings. The number of rotatable bonds is 4. The first-order valence-corrected chi connectivity index (χ1v) is 7.66. The third-order valence-electron chi connectivity index (χ3n) is 4.13. The maximum Gasteiger partial charge on any atom is 0.326 e. The number of aromatic nitrogens is 3. The summed E-state index contributed by atoms with van der Waals surface area (Å²) < 4.78 is 1.23. The van der Waals surface area contributed by atoms with Crippen molar-refractivity contribution >= 4 is 17.6 Å². The Labute approximate surface area is 141 Å². The molecule has 1 N–H and O–H groups in total. The molecular formula is C15H15N5O5. The lowest BCUT2D eigenvalue weighted by molar-refractivity contribution is -0.384. The second-order valence-electron chi connectivity index (χ2n) is 5.65. The van der Waals surface area contributed by atoms with E-state index in [1.165, 1.54) is 34.4 Å². The molecule has 1 atom stereocenters. The lowest BCUT2D eigenvalue weighted by Gasteiger charge is -2.33. The molecule has 1 fully saturated rings. The Morgan fingerprint density at radius 2 is 2.12 bits per heavy atom. The second kappa shape index (κ2) is 6.67. The van der Waals surface area contributed by atoms with Crippen molar-refractivity contribution in [1.82, 2.24) is 19.7 Å². The topological polar surface area (TPSA) is 131 Å². The van der Waals surface area contributed by atoms with Crippen molar-refractivity contribution in [1.29, 1.82) is 0 Å². The number of piperidine rings is 1. The smallest absolute Gasteiger partial charge is 0.326 e. The molecule has 0 radical (unpaired) electrons. The van der Waals surface area contributed by atoms with Gasteiger partial charge in [-0.25, -0.2) is 14.5 Å². The van der Waals surface area contributed by atoms with Gasteiger partial charge in [-0.2, -0.15) is 5.10 Å². The van der Waals surface area contributed by atoms with Crippen LogP contribution in [0.5, 0.6) is 0 Å². The first kappa shape index (κ1) is 16.6. The van der Waals surface area contributed by atoms with Crippen LogP contribution in [0.3, 0.4) is 0 Å². The number of nitro groups is 1. The van der Waals surface area contributed by atoms with Crippen LogP contribution in [0.1, 0.15) is 29.6 Å². The average molecular weight is 345 g/mol. The van der Waals surface area contributed by atoms with Gasteiger partial charge in [0.15, 0.2) is 0 Å². The van der Waals surface area contributed by atoms with Crippen LogP contribution in [0.15, 0.2) is 30.9 Å². The van der Waals surface area contributed by atoms with Crippen LogP contribution in [0.25, 0.3) is 5.69 Å². The lowest BCUT2D eigenvalue weighted by Crippen LogP contribution is -2.48. The molecule has 1 amide bonds. The lowest BCUT2D eigenvalue weighted by atomic mass is 10.0. The molecule has 0 saturated carbocycles. The highest BCUT2D eigenvalue weighted by Gasteiger charge is 2.33. The SMILES string of the molecule is O=C(O)C1CCCCN1C(=O)c1ccc(-n2cncn2)c([N+](=O)[O-])c1. The first-order valence-electron chi connectivity index (χ1n) is 7.66. The molecule has 1 unspecified atom stereocenters. The number of carbonyl (C=O) groups is 2.